The lowest BCUT2D eigenvalue weighted by molar-refractivity contribution is -0.166. The first-order valence-corrected chi connectivity index (χ1v) is 9.05. The highest BCUT2D eigenvalue weighted by atomic mass is 35.5. The summed E-state index contributed by atoms with van der Waals surface area (Å²) in [4.78, 5) is 38.2. The Bertz CT molecular complexity index is 630. The van der Waals surface area contributed by atoms with E-state index in [0.717, 1.165) is 0 Å². The Balaban J connectivity index is 2.46. The molecule has 0 aromatic heterocycles. The van der Waals surface area contributed by atoms with E-state index in [1.807, 2.05) is 0 Å². The fourth-order valence-corrected chi connectivity index (χ4v) is 3.29. The monoisotopic (exact) mass is 382 g/mol. The van der Waals surface area contributed by atoms with Crippen molar-refractivity contribution in [1.29, 1.82) is 0 Å². The second-order valence-electron chi connectivity index (χ2n) is 6.05. The van der Waals surface area contributed by atoms with Crippen molar-refractivity contribution in [3.8, 4) is 0 Å². The Morgan fingerprint density at radius 1 is 1.12 bits per heavy atom. The van der Waals surface area contributed by atoms with Crippen molar-refractivity contribution >= 4 is 29.3 Å². The highest BCUT2D eigenvalue weighted by Crippen LogP contribution is 2.37. The molecule has 0 bridgehead atoms. The van der Waals surface area contributed by atoms with Crippen LogP contribution in [0.5, 0.6) is 0 Å². The van der Waals surface area contributed by atoms with Crippen LogP contribution in [0, 0.1) is 5.92 Å². The van der Waals surface area contributed by atoms with Crippen LogP contribution < -0.4 is 0 Å². The molecule has 0 N–H and O–H groups in total. The zero-order valence-electron chi connectivity index (χ0n) is 15.0. The molecule has 0 spiro atoms. The molecular weight excluding hydrogens is 360 g/mol. The molecule has 142 valence electrons. The van der Waals surface area contributed by atoms with Crippen LogP contribution in [0.4, 0.5) is 0 Å². The number of carbonyl (C=O) groups excluding carboxylic acids is 3. The van der Waals surface area contributed by atoms with Gasteiger partial charge in [-0.1, -0.05) is 23.7 Å². The minimum Gasteiger partial charge on any atom is -0.465 e. The maximum Gasteiger partial charge on any atom is 0.328 e. The summed E-state index contributed by atoms with van der Waals surface area (Å²) in [6.07, 6.45) is 1.09. The van der Waals surface area contributed by atoms with Gasteiger partial charge >= 0.3 is 11.9 Å². The van der Waals surface area contributed by atoms with E-state index in [0.29, 0.717) is 30.0 Å². The maximum absolute atomic E-state index is 13.4. The second-order valence-corrected chi connectivity index (χ2v) is 6.48. The smallest absolute Gasteiger partial charge is 0.328 e. The molecule has 1 saturated heterocycles. The number of ketones is 1. The van der Waals surface area contributed by atoms with Crippen molar-refractivity contribution in [2.75, 3.05) is 26.4 Å². The second kappa shape index (κ2) is 9.14. The third-order valence-electron chi connectivity index (χ3n) is 4.42. The Morgan fingerprint density at radius 2 is 1.69 bits per heavy atom. The summed E-state index contributed by atoms with van der Waals surface area (Å²) in [5.41, 5.74) is -0.460. The highest BCUT2D eigenvalue weighted by molar-refractivity contribution is 6.30. The van der Waals surface area contributed by atoms with Gasteiger partial charge in [0.2, 0.25) is 5.92 Å². The highest BCUT2D eigenvalue weighted by Gasteiger charge is 2.51. The van der Waals surface area contributed by atoms with E-state index in [1.54, 1.807) is 38.1 Å². The van der Waals surface area contributed by atoms with Crippen molar-refractivity contribution in [3.05, 3.63) is 34.9 Å². The molecule has 1 aliphatic heterocycles. The van der Waals surface area contributed by atoms with Crippen molar-refractivity contribution in [2.45, 2.75) is 32.1 Å². The van der Waals surface area contributed by atoms with Crippen LogP contribution in [-0.4, -0.2) is 44.1 Å². The van der Waals surface area contributed by atoms with E-state index in [-0.39, 0.29) is 19.8 Å². The largest absolute Gasteiger partial charge is 0.465 e. The van der Waals surface area contributed by atoms with Crippen molar-refractivity contribution < 1.29 is 28.6 Å². The van der Waals surface area contributed by atoms with E-state index in [2.05, 4.69) is 0 Å². The zero-order valence-corrected chi connectivity index (χ0v) is 15.7. The van der Waals surface area contributed by atoms with Gasteiger partial charge in [-0.3, -0.25) is 14.4 Å². The Morgan fingerprint density at radius 3 is 2.15 bits per heavy atom. The molecule has 2 rings (SSSR count). The van der Waals surface area contributed by atoms with Gasteiger partial charge in [-0.15, -0.1) is 0 Å². The van der Waals surface area contributed by atoms with Crippen molar-refractivity contribution in [2.24, 2.45) is 5.92 Å². The Kier molecular flexibility index (Phi) is 7.17. The third-order valence-corrected chi connectivity index (χ3v) is 4.67. The summed E-state index contributed by atoms with van der Waals surface area (Å²) in [5, 5.41) is 0.528. The fraction of sp³-hybridized carbons (Fsp3) is 0.526. The number of benzene rings is 1. The molecule has 0 radical (unpaired) electrons. The van der Waals surface area contributed by atoms with E-state index in [1.165, 1.54) is 0 Å². The Labute approximate surface area is 157 Å². The topological polar surface area (TPSA) is 78.9 Å². The SMILES string of the molecule is CCOC(=O)C(C(=O)OCC)C(=O)[C@]1(c2ccc(Cl)cc2)CCCOC1. The van der Waals surface area contributed by atoms with Crippen LogP contribution >= 0.6 is 11.6 Å². The van der Waals surface area contributed by atoms with Crippen molar-refractivity contribution in [1.82, 2.24) is 0 Å². The van der Waals surface area contributed by atoms with Crippen LogP contribution in [0.25, 0.3) is 0 Å². The van der Waals surface area contributed by atoms with Gasteiger partial charge in [0.15, 0.2) is 5.78 Å². The van der Waals surface area contributed by atoms with Crippen LogP contribution in [0.3, 0.4) is 0 Å². The number of rotatable bonds is 7. The zero-order chi connectivity index (χ0) is 19.2. The molecule has 1 fully saturated rings. The van der Waals surface area contributed by atoms with E-state index in [9.17, 15) is 14.4 Å². The van der Waals surface area contributed by atoms with Crippen LogP contribution in [0.15, 0.2) is 24.3 Å². The average molecular weight is 383 g/mol. The van der Waals surface area contributed by atoms with Crippen molar-refractivity contribution in [3.63, 3.8) is 0 Å². The summed E-state index contributed by atoms with van der Waals surface area (Å²) >= 11 is 5.96. The normalized spacial score (nSPS) is 19.8. The number of halogens is 1. The average Bonchev–Trinajstić information content (AvgIpc) is 2.63. The lowest BCUT2D eigenvalue weighted by Gasteiger charge is -2.37. The Hall–Kier alpha value is -1.92. The molecule has 1 heterocycles. The lowest BCUT2D eigenvalue weighted by Crippen LogP contribution is -2.51. The standard InChI is InChI=1S/C19H23ClO6/c1-3-25-17(22)15(18(23)26-4-2)16(21)19(10-5-11-24-12-19)13-6-8-14(20)9-7-13/h6-9,15H,3-5,10-12H2,1-2H3/t19-/m1/s1. The molecule has 0 unspecified atom stereocenters. The molecule has 1 aromatic carbocycles. The first-order valence-electron chi connectivity index (χ1n) is 8.67. The predicted octanol–water partition coefficient (Wildman–Crippen LogP) is 2.70. The summed E-state index contributed by atoms with van der Waals surface area (Å²) in [5.74, 6) is -3.98. The number of ether oxygens (including phenoxy) is 3. The number of Topliss-reactive ketones (excluding diaryl/α,β-unsaturated/α-hetero) is 1. The van der Waals surface area contributed by atoms with Gasteiger partial charge in [0.1, 0.15) is 0 Å². The first-order chi connectivity index (χ1) is 12.5. The molecule has 0 amide bonds. The summed E-state index contributed by atoms with van der Waals surface area (Å²) in [7, 11) is 0. The molecular formula is C19H23ClO6. The summed E-state index contributed by atoms with van der Waals surface area (Å²) in [6, 6.07) is 6.79. The number of hydrogen-bond acceptors (Lipinski definition) is 6. The summed E-state index contributed by atoms with van der Waals surface area (Å²) < 4.78 is 15.5. The van der Waals surface area contributed by atoms with Gasteiger partial charge in [-0.05, 0) is 44.4 Å². The number of esters is 2. The molecule has 7 heteroatoms. The van der Waals surface area contributed by atoms with E-state index in [4.69, 9.17) is 25.8 Å². The molecule has 6 nitrogen and oxygen atoms in total. The number of carbonyl (C=O) groups is 3. The first kappa shape index (κ1) is 20.4. The fourth-order valence-electron chi connectivity index (χ4n) is 3.17. The summed E-state index contributed by atoms with van der Waals surface area (Å²) in [6.45, 7) is 3.96. The number of hydrogen-bond donors (Lipinski definition) is 0. The van der Waals surface area contributed by atoms with E-state index < -0.39 is 29.1 Å². The van der Waals surface area contributed by atoms with Gasteiger partial charge in [0.25, 0.3) is 0 Å². The predicted molar refractivity (Wildman–Crippen MR) is 94.9 cm³/mol. The van der Waals surface area contributed by atoms with Gasteiger partial charge in [-0.2, -0.15) is 0 Å². The molecule has 0 aliphatic carbocycles. The van der Waals surface area contributed by atoms with Gasteiger partial charge < -0.3 is 14.2 Å². The molecule has 1 aliphatic rings. The van der Waals surface area contributed by atoms with E-state index >= 15 is 0 Å². The molecule has 1 aromatic rings. The molecule has 0 saturated carbocycles. The lowest BCUT2D eigenvalue weighted by atomic mass is 9.69. The van der Waals surface area contributed by atoms with Crippen LogP contribution in [-0.2, 0) is 34.0 Å². The van der Waals surface area contributed by atoms with Gasteiger partial charge in [0, 0.05) is 11.6 Å². The molecule has 1 atom stereocenters. The molecule has 26 heavy (non-hydrogen) atoms. The quantitative estimate of drug-likeness (QED) is 0.533. The minimum absolute atomic E-state index is 0.0620. The maximum atomic E-state index is 13.4. The van der Waals surface area contributed by atoms with Crippen LogP contribution in [0.1, 0.15) is 32.3 Å². The van der Waals surface area contributed by atoms with Gasteiger partial charge in [0.05, 0.1) is 25.2 Å². The van der Waals surface area contributed by atoms with Crippen LogP contribution in [0.2, 0.25) is 5.02 Å². The minimum atomic E-state index is -1.63. The van der Waals surface area contributed by atoms with Gasteiger partial charge in [-0.25, -0.2) is 0 Å². The third kappa shape index (κ3) is 4.24.